The van der Waals surface area contributed by atoms with Crippen LogP contribution in [0.15, 0.2) is 27.2 Å². The Labute approximate surface area is 125 Å². The van der Waals surface area contributed by atoms with E-state index in [1.54, 1.807) is 11.3 Å². The number of carbonyl (C=O) groups excluding carboxylic acids is 1. The molecule has 7 heteroatoms. The SMILES string of the molecule is CC(C)(C)OC(=O)CCSc1nnc(-c2cccs2)o1. The fraction of sp³-hybridized carbons (Fsp3) is 0.462. The fourth-order valence-corrected chi connectivity index (χ4v) is 2.71. The lowest BCUT2D eigenvalue weighted by Crippen LogP contribution is -2.23. The van der Waals surface area contributed by atoms with Crippen molar-refractivity contribution in [3.8, 4) is 10.8 Å². The molecule has 0 unspecified atom stereocenters. The third-order valence-corrected chi connectivity index (χ3v) is 3.77. The van der Waals surface area contributed by atoms with E-state index in [0.29, 0.717) is 23.3 Å². The Morgan fingerprint density at radius 3 is 2.90 bits per heavy atom. The highest BCUT2D eigenvalue weighted by atomic mass is 32.2. The summed E-state index contributed by atoms with van der Waals surface area (Å²) in [5.41, 5.74) is -0.446. The third-order valence-electron chi connectivity index (χ3n) is 2.09. The van der Waals surface area contributed by atoms with E-state index in [1.165, 1.54) is 11.8 Å². The molecule has 2 rings (SSSR count). The van der Waals surface area contributed by atoms with Gasteiger partial charge in [-0.25, -0.2) is 0 Å². The molecule has 0 saturated carbocycles. The zero-order valence-corrected chi connectivity index (χ0v) is 13.2. The van der Waals surface area contributed by atoms with Crippen molar-refractivity contribution in [2.75, 3.05) is 5.75 Å². The lowest BCUT2D eigenvalue weighted by Gasteiger charge is -2.19. The maximum absolute atomic E-state index is 11.5. The van der Waals surface area contributed by atoms with Crippen LogP contribution >= 0.6 is 23.1 Å². The zero-order valence-electron chi connectivity index (χ0n) is 11.6. The summed E-state index contributed by atoms with van der Waals surface area (Å²) in [4.78, 5) is 12.5. The molecule has 2 heterocycles. The molecule has 0 atom stereocenters. The van der Waals surface area contributed by atoms with E-state index in [2.05, 4.69) is 10.2 Å². The van der Waals surface area contributed by atoms with Gasteiger partial charge in [-0.05, 0) is 32.2 Å². The number of aromatic nitrogens is 2. The average molecular weight is 312 g/mol. The fourth-order valence-electron chi connectivity index (χ4n) is 1.38. The number of nitrogens with zero attached hydrogens (tertiary/aromatic N) is 2. The van der Waals surface area contributed by atoms with Gasteiger partial charge in [-0.3, -0.25) is 4.79 Å². The van der Waals surface area contributed by atoms with Crippen LogP contribution in [0, 0.1) is 0 Å². The first kappa shape index (κ1) is 15.1. The molecule has 0 fully saturated rings. The summed E-state index contributed by atoms with van der Waals surface area (Å²) in [5.74, 6) is 0.851. The van der Waals surface area contributed by atoms with E-state index >= 15 is 0 Å². The molecule has 0 spiro atoms. The average Bonchev–Trinajstić information content (AvgIpc) is 2.96. The quantitative estimate of drug-likeness (QED) is 0.620. The molecule has 108 valence electrons. The van der Waals surface area contributed by atoms with Crippen LogP contribution in [0.5, 0.6) is 0 Å². The molecule has 2 aromatic heterocycles. The Bertz CT molecular complexity index is 558. The van der Waals surface area contributed by atoms with Crippen molar-refractivity contribution in [2.45, 2.75) is 38.0 Å². The molecule has 2 aromatic rings. The van der Waals surface area contributed by atoms with Crippen LogP contribution in [0.1, 0.15) is 27.2 Å². The summed E-state index contributed by atoms with van der Waals surface area (Å²) < 4.78 is 10.7. The lowest BCUT2D eigenvalue weighted by atomic mass is 10.2. The van der Waals surface area contributed by atoms with Gasteiger partial charge in [0.05, 0.1) is 11.3 Å². The molecule has 0 aliphatic carbocycles. The Kier molecular flexibility index (Phi) is 4.82. The van der Waals surface area contributed by atoms with Gasteiger partial charge < -0.3 is 9.15 Å². The third kappa shape index (κ3) is 4.64. The van der Waals surface area contributed by atoms with Crippen LogP contribution in [0.25, 0.3) is 10.8 Å². The Balaban J connectivity index is 1.79. The number of thiophene rings is 1. The number of thioether (sulfide) groups is 1. The molecular formula is C13H16N2O3S2. The molecular weight excluding hydrogens is 296 g/mol. The van der Waals surface area contributed by atoms with Crippen molar-refractivity contribution < 1.29 is 13.9 Å². The summed E-state index contributed by atoms with van der Waals surface area (Å²) >= 11 is 2.90. The lowest BCUT2D eigenvalue weighted by molar-refractivity contribution is -0.154. The Morgan fingerprint density at radius 2 is 2.25 bits per heavy atom. The maximum Gasteiger partial charge on any atom is 0.307 e. The second kappa shape index (κ2) is 6.41. The molecule has 0 N–H and O–H groups in total. The van der Waals surface area contributed by atoms with Gasteiger partial charge in [0.25, 0.3) is 11.1 Å². The Morgan fingerprint density at radius 1 is 1.45 bits per heavy atom. The largest absolute Gasteiger partial charge is 0.460 e. The smallest absolute Gasteiger partial charge is 0.307 e. The van der Waals surface area contributed by atoms with Crippen LogP contribution in [-0.4, -0.2) is 27.5 Å². The van der Waals surface area contributed by atoms with Gasteiger partial charge in [-0.15, -0.1) is 21.5 Å². The van der Waals surface area contributed by atoms with E-state index in [9.17, 15) is 4.79 Å². The van der Waals surface area contributed by atoms with Crippen molar-refractivity contribution in [1.29, 1.82) is 0 Å². The molecule has 20 heavy (non-hydrogen) atoms. The number of carbonyl (C=O) groups is 1. The van der Waals surface area contributed by atoms with Crippen molar-refractivity contribution in [3.05, 3.63) is 17.5 Å². The molecule has 5 nitrogen and oxygen atoms in total. The standard InChI is InChI=1S/C13H16N2O3S2/c1-13(2,3)18-10(16)6-8-20-12-15-14-11(17-12)9-5-4-7-19-9/h4-5,7H,6,8H2,1-3H3. The normalized spacial score (nSPS) is 11.6. The van der Waals surface area contributed by atoms with Gasteiger partial charge in [0.1, 0.15) is 5.60 Å². The first-order chi connectivity index (χ1) is 9.44. The molecule has 0 aliphatic heterocycles. The van der Waals surface area contributed by atoms with Crippen molar-refractivity contribution >= 4 is 29.1 Å². The summed E-state index contributed by atoms with van der Waals surface area (Å²) in [5, 5.41) is 10.3. The van der Waals surface area contributed by atoms with Gasteiger partial charge in [-0.1, -0.05) is 17.8 Å². The molecule has 0 aromatic carbocycles. The van der Waals surface area contributed by atoms with Gasteiger partial charge in [0.2, 0.25) is 0 Å². The van der Waals surface area contributed by atoms with Crippen LogP contribution < -0.4 is 0 Å². The Hall–Kier alpha value is -1.34. The van der Waals surface area contributed by atoms with Gasteiger partial charge in [0.15, 0.2) is 0 Å². The summed E-state index contributed by atoms with van der Waals surface area (Å²) in [7, 11) is 0. The van der Waals surface area contributed by atoms with E-state index < -0.39 is 5.60 Å². The van der Waals surface area contributed by atoms with E-state index in [0.717, 1.165) is 4.88 Å². The number of ether oxygens (including phenoxy) is 1. The maximum atomic E-state index is 11.5. The second-order valence-electron chi connectivity index (χ2n) is 5.04. The number of hydrogen-bond donors (Lipinski definition) is 0. The van der Waals surface area contributed by atoms with Gasteiger partial charge in [0, 0.05) is 5.75 Å². The summed E-state index contributed by atoms with van der Waals surface area (Å²) in [6.07, 6.45) is 0.318. The topological polar surface area (TPSA) is 65.2 Å². The van der Waals surface area contributed by atoms with Gasteiger partial charge >= 0.3 is 5.97 Å². The highest BCUT2D eigenvalue weighted by Crippen LogP contribution is 2.26. The van der Waals surface area contributed by atoms with Crippen molar-refractivity contribution in [3.63, 3.8) is 0 Å². The first-order valence-electron chi connectivity index (χ1n) is 6.16. The minimum atomic E-state index is -0.446. The minimum absolute atomic E-state index is 0.219. The zero-order chi connectivity index (χ0) is 14.6. The minimum Gasteiger partial charge on any atom is -0.460 e. The second-order valence-corrected chi connectivity index (χ2v) is 7.03. The van der Waals surface area contributed by atoms with E-state index in [1.807, 2.05) is 38.3 Å². The number of hydrogen-bond acceptors (Lipinski definition) is 7. The predicted molar refractivity (Wildman–Crippen MR) is 78.8 cm³/mol. The molecule has 0 radical (unpaired) electrons. The number of esters is 1. The molecule has 0 amide bonds. The predicted octanol–water partition coefficient (Wildman–Crippen LogP) is 3.62. The van der Waals surface area contributed by atoms with E-state index in [-0.39, 0.29) is 5.97 Å². The van der Waals surface area contributed by atoms with E-state index in [4.69, 9.17) is 9.15 Å². The van der Waals surface area contributed by atoms with Crippen molar-refractivity contribution in [2.24, 2.45) is 0 Å². The molecule has 0 saturated heterocycles. The first-order valence-corrected chi connectivity index (χ1v) is 8.02. The van der Waals surface area contributed by atoms with Crippen LogP contribution in [0.2, 0.25) is 0 Å². The highest BCUT2D eigenvalue weighted by molar-refractivity contribution is 7.99. The highest BCUT2D eigenvalue weighted by Gasteiger charge is 2.16. The van der Waals surface area contributed by atoms with Gasteiger partial charge in [-0.2, -0.15) is 0 Å². The number of rotatable bonds is 5. The summed E-state index contributed by atoms with van der Waals surface area (Å²) in [6, 6.07) is 3.85. The van der Waals surface area contributed by atoms with Crippen LogP contribution in [-0.2, 0) is 9.53 Å². The van der Waals surface area contributed by atoms with Crippen LogP contribution in [0.4, 0.5) is 0 Å². The molecule has 0 bridgehead atoms. The molecule has 0 aliphatic rings. The summed E-state index contributed by atoms with van der Waals surface area (Å²) in [6.45, 7) is 5.55. The van der Waals surface area contributed by atoms with Crippen LogP contribution in [0.3, 0.4) is 0 Å². The monoisotopic (exact) mass is 312 g/mol. The van der Waals surface area contributed by atoms with Crippen molar-refractivity contribution in [1.82, 2.24) is 10.2 Å².